The lowest BCUT2D eigenvalue weighted by Gasteiger charge is -2.07. The third-order valence-electron chi connectivity index (χ3n) is 1.42. The quantitative estimate of drug-likeness (QED) is 0.749. The van der Waals surface area contributed by atoms with Gasteiger partial charge >= 0.3 is 0 Å². The minimum absolute atomic E-state index is 0.302. The summed E-state index contributed by atoms with van der Waals surface area (Å²) in [5, 5.41) is 0. The van der Waals surface area contributed by atoms with Crippen molar-refractivity contribution in [3.05, 3.63) is 28.2 Å². The number of hydrogen-bond acceptors (Lipinski definition) is 1. The Hall–Kier alpha value is -0.280. The highest BCUT2D eigenvalue weighted by molar-refractivity contribution is 9.10. The van der Waals surface area contributed by atoms with Crippen LogP contribution in [0.5, 0.6) is 5.75 Å². The van der Waals surface area contributed by atoms with Crippen LogP contribution in [0.2, 0.25) is 0 Å². The highest BCUT2D eigenvalue weighted by Crippen LogP contribution is 2.28. The lowest BCUT2D eigenvalue weighted by Crippen LogP contribution is -1.94. The molecule has 1 nitrogen and oxygen atoms in total. The van der Waals surface area contributed by atoms with Gasteiger partial charge in [0.2, 0.25) is 6.86 Å². The summed E-state index contributed by atoms with van der Waals surface area (Å²) in [7, 11) is 0. The first-order chi connectivity index (χ1) is 5.79. The van der Waals surface area contributed by atoms with E-state index < -0.39 is 6.86 Å². The van der Waals surface area contributed by atoms with E-state index in [1.807, 2.05) is 6.07 Å². The number of rotatable bonds is 3. The second-order valence-electron chi connectivity index (χ2n) is 2.10. The molecular weight excluding hydrogens is 246 g/mol. The summed E-state index contributed by atoms with van der Waals surface area (Å²) in [6, 6.07) is 5.29. The maximum Gasteiger partial charge on any atom is 0.228 e. The van der Waals surface area contributed by atoms with Gasteiger partial charge in [0.1, 0.15) is 5.75 Å². The van der Waals surface area contributed by atoms with Gasteiger partial charge in [-0.3, -0.25) is 0 Å². The van der Waals surface area contributed by atoms with Crippen LogP contribution in [0.15, 0.2) is 22.7 Å². The Morgan fingerprint density at radius 3 is 2.83 bits per heavy atom. The molecule has 0 saturated heterocycles. The highest BCUT2D eigenvalue weighted by Gasteiger charge is 2.05. The van der Waals surface area contributed by atoms with E-state index in [2.05, 4.69) is 15.9 Å². The van der Waals surface area contributed by atoms with Gasteiger partial charge in [-0.2, -0.15) is 0 Å². The van der Waals surface area contributed by atoms with Crippen molar-refractivity contribution in [1.29, 1.82) is 0 Å². The van der Waals surface area contributed by atoms with Crippen molar-refractivity contribution < 1.29 is 9.13 Å². The largest absolute Gasteiger partial charge is 0.463 e. The van der Waals surface area contributed by atoms with E-state index in [1.165, 1.54) is 0 Å². The molecule has 1 rings (SSSR count). The molecule has 0 aliphatic carbocycles. The zero-order chi connectivity index (χ0) is 8.97. The van der Waals surface area contributed by atoms with Gasteiger partial charge in [-0.15, -0.1) is 11.6 Å². The van der Waals surface area contributed by atoms with Crippen LogP contribution in [-0.4, -0.2) is 6.86 Å². The van der Waals surface area contributed by atoms with Gasteiger partial charge in [-0.25, -0.2) is 4.39 Å². The predicted octanol–water partition coefficient (Wildman–Crippen LogP) is 3.49. The molecule has 0 aromatic heterocycles. The summed E-state index contributed by atoms with van der Waals surface area (Å²) in [6.07, 6.45) is 0. The van der Waals surface area contributed by atoms with E-state index in [9.17, 15) is 4.39 Å². The van der Waals surface area contributed by atoms with Gasteiger partial charge in [-0.1, -0.05) is 22.0 Å². The monoisotopic (exact) mass is 252 g/mol. The van der Waals surface area contributed by atoms with Gasteiger partial charge in [0, 0.05) is 10.0 Å². The van der Waals surface area contributed by atoms with Crippen molar-refractivity contribution in [2.24, 2.45) is 0 Å². The smallest absolute Gasteiger partial charge is 0.228 e. The Morgan fingerprint density at radius 2 is 2.25 bits per heavy atom. The maximum absolute atomic E-state index is 11.8. The summed E-state index contributed by atoms with van der Waals surface area (Å²) in [6.45, 7) is -0.833. The molecule has 1 aromatic carbocycles. The topological polar surface area (TPSA) is 9.23 Å². The van der Waals surface area contributed by atoms with Gasteiger partial charge < -0.3 is 4.74 Å². The predicted molar refractivity (Wildman–Crippen MR) is 50.3 cm³/mol. The van der Waals surface area contributed by atoms with E-state index in [4.69, 9.17) is 16.3 Å². The van der Waals surface area contributed by atoms with Crippen molar-refractivity contribution in [3.63, 3.8) is 0 Å². The molecule has 0 N–H and O–H groups in total. The summed E-state index contributed by atoms with van der Waals surface area (Å²) in [5.74, 6) is 0.790. The van der Waals surface area contributed by atoms with Crippen LogP contribution in [-0.2, 0) is 5.88 Å². The Kier molecular flexibility index (Phi) is 3.82. The van der Waals surface area contributed by atoms with E-state index in [0.29, 0.717) is 11.6 Å². The molecule has 12 heavy (non-hydrogen) atoms. The molecule has 0 spiro atoms. The third kappa shape index (κ3) is 2.11. The average Bonchev–Trinajstić information content (AvgIpc) is 2.05. The molecule has 0 saturated carbocycles. The highest BCUT2D eigenvalue weighted by atomic mass is 79.9. The first kappa shape index (κ1) is 9.81. The fraction of sp³-hybridized carbons (Fsp3) is 0.250. The molecule has 1 aromatic rings. The zero-order valence-corrected chi connectivity index (χ0v) is 8.53. The Bertz CT molecular complexity index is 267. The molecule has 0 aliphatic heterocycles. The zero-order valence-electron chi connectivity index (χ0n) is 6.19. The number of hydrogen-bond donors (Lipinski definition) is 0. The second kappa shape index (κ2) is 4.67. The molecule has 0 aliphatic rings. The minimum atomic E-state index is -0.833. The van der Waals surface area contributed by atoms with Crippen LogP contribution in [0, 0.1) is 0 Å². The van der Waals surface area contributed by atoms with Crippen LogP contribution >= 0.6 is 27.5 Å². The molecule has 0 radical (unpaired) electrons. The number of halogens is 3. The first-order valence-electron chi connectivity index (χ1n) is 3.31. The van der Waals surface area contributed by atoms with E-state index in [1.54, 1.807) is 12.1 Å². The van der Waals surface area contributed by atoms with Gasteiger partial charge in [0.05, 0.1) is 5.88 Å². The maximum atomic E-state index is 11.8. The fourth-order valence-corrected chi connectivity index (χ4v) is 1.79. The van der Waals surface area contributed by atoms with E-state index >= 15 is 0 Å². The van der Waals surface area contributed by atoms with Crippen molar-refractivity contribution in [3.8, 4) is 5.75 Å². The standard InChI is InChI=1S/C8H7BrClFO/c9-7-2-1-3-8(12-5-11)6(7)4-10/h1-3H,4-5H2. The molecule has 0 amide bonds. The van der Waals surface area contributed by atoms with Crippen molar-refractivity contribution in [2.75, 3.05) is 6.86 Å². The van der Waals surface area contributed by atoms with Crippen LogP contribution in [0.4, 0.5) is 4.39 Å². The van der Waals surface area contributed by atoms with Crippen LogP contribution in [0.25, 0.3) is 0 Å². The van der Waals surface area contributed by atoms with Gasteiger partial charge in [-0.05, 0) is 12.1 Å². The molecule has 0 bridgehead atoms. The van der Waals surface area contributed by atoms with Crippen molar-refractivity contribution in [2.45, 2.75) is 5.88 Å². The van der Waals surface area contributed by atoms with E-state index in [0.717, 1.165) is 10.0 Å². The SMILES string of the molecule is FCOc1cccc(Br)c1CCl. The summed E-state index contributed by atoms with van der Waals surface area (Å²) >= 11 is 8.93. The van der Waals surface area contributed by atoms with Crippen LogP contribution in [0.1, 0.15) is 5.56 Å². The summed E-state index contributed by atoms with van der Waals surface area (Å²) in [5.41, 5.74) is 0.775. The molecule has 0 fully saturated rings. The molecule has 0 heterocycles. The molecule has 0 unspecified atom stereocenters. The normalized spacial score (nSPS) is 9.92. The second-order valence-corrected chi connectivity index (χ2v) is 3.23. The number of alkyl halides is 2. The van der Waals surface area contributed by atoms with Gasteiger partial charge in [0.25, 0.3) is 0 Å². The Morgan fingerprint density at radius 1 is 1.50 bits per heavy atom. The number of benzene rings is 1. The van der Waals surface area contributed by atoms with Crippen molar-refractivity contribution >= 4 is 27.5 Å². The summed E-state index contributed by atoms with van der Waals surface area (Å²) < 4.78 is 17.4. The minimum Gasteiger partial charge on any atom is -0.463 e. The van der Waals surface area contributed by atoms with Crippen molar-refractivity contribution in [1.82, 2.24) is 0 Å². The summed E-state index contributed by atoms with van der Waals surface area (Å²) in [4.78, 5) is 0. The lowest BCUT2D eigenvalue weighted by molar-refractivity contribution is 0.190. The van der Waals surface area contributed by atoms with Crippen LogP contribution < -0.4 is 4.74 Å². The Balaban J connectivity index is 3.00. The fourth-order valence-electron chi connectivity index (χ4n) is 0.863. The lowest BCUT2D eigenvalue weighted by atomic mass is 10.2. The third-order valence-corrected chi connectivity index (χ3v) is 2.43. The first-order valence-corrected chi connectivity index (χ1v) is 4.64. The average molecular weight is 253 g/mol. The molecule has 66 valence electrons. The molecule has 0 atom stereocenters. The van der Waals surface area contributed by atoms with Gasteiger partial charge in [0.15, 0.2) is 0 Å². The molecule has 4 heteroatoms. The van der Waals surface area contributed by atoms with Crippen LogP contribution in [0.3, 0.4) is 0 Å². The molecular formula is C8H7BrClFO. The van der Waals surface area contributed by atoms with E-state index in [-0.39, 0.29) is 0 Å². The number of ether oxygens (including phenoxy) is 1. The Labute approximate surface area is 83.6 Å².